The summed E-state index contributed by atoms with van der Waals surface area (Å²) in [7, 11) is -2.64. The minimum absolute atomic E-state index is 0.0614. The molecule has 10 heteroatoms. The molecule has 9 nitrogen and oxygen atoms in total. The molecular weight excluding hydrogens is 374 g/mol. The molecule has 152 valence electrons. The van der Waals surface area contributed by atoms with Gasteiger partial charge in [-0.1, -0.05) is 50.1 Å². The van der Waals surface area contributed by atoms with E-state index in [9.17, 15) is 18.0 Å². The van der Waals surface area contributed by atoms with Crippen LogP contribution in [-0.4, -0.2) is 53.2 Å². The van der Waals surface area contributed by atoms with Crippen molar-refractivity contribution in [3.8, 4) is 0 Å². The van der Waals surface area contributed by atoms with E-state index in [0.717, 1.165) is 26.1 Å². The van der Waals surface area contributed by atoms with E-state index in [-0.39, 0.29) is 18.1 Å². The number of rotatable bonds is 9. The van der Waals surface area contributed by atoms with Gasteiger partial charge in [-0.2, -0.15) is 4.98 Å². The molecule has 1 aromatic heterocycles. The molecule has 0 aromatic carbocycles. The lowest BCUT2D eigenvalue weighted by Crippen LogP contribution is -2.32. The average Bonchev–Trinajstić information content (AvgIpc) is 3.09. The number of carboxylic acids is 1. The first-order chi connectivity index (χ1) is 12.7. The molecule has 1 saturated carbocycles. The summed E-state index contributed by atoms with van der Waals surface area (Å²) >= 11 is 0. The lowest BCUT2D eigenvalue weighted by atomic mass is 9.84. The number of aliphatic carboxylic acids is 1. The molecule has 1 heterocycles. The first-order valence-electron chi connectivity index (χ1n) is 9.22. The molecule has 1 fully saturated rings. The lowest BCUT2D eigenvalue weighted by molar-refractivity contribution is -0.137. The Hall–Kier alpha value is -1.97. The Morgan fingerprint density at radius 3 is 2.56 bits per heavy atom. The highest BCUT2D eigenvalue weighted by Gasteiger charge is 2.28. The highest BCUT2D eigenvalue weighted by atomic mass is 32.2. The van der Waals surface area contributed by atoms with Gasteiger partial charge in [-0.15, -0.1) is 0 Å². The Bertz CT molecular complexity index is 754. The number of hydrogen-bond donors (Lipinski definition) is 1. The van der Waals surface area contributed by atoms with Crippen LogP contribution >= 0.6 is 0 Å². The Morgan fingerprint density at radius 2 is 1.96 bits per heavy atom. The third kappa shape index (κ3) is 6.30. The van der Waals surface area contributed by atoms with Crippen molar-refractivity contribution in [2.45, 2.75) is 63.7 Å². The second kappa shape index (κ2) is 9.29. The molecule has 1 aliphatic carbocycles. The maximum atomic E-state index is 12.1. The van der Waals surface area contributed by atoms with Crippen LogP contribution in [0.25, 0.3) is 0 Å². The number of aromatic nitrogens is 2. The number of carbonyl (C=O) groups is 2. The third-order valence-electron chi connectivity index (χ3n) is 5.08. The standard InChI is InChI=1S/C17H27N3O6S/c1-20(27(2,24)25)17(23)15-18-16(26-19-15)13(11-14(21)22)10-6-9-12-7-4-3-5-8-12/h12-13H,3-11H2,1-2H3,(H,21,22)/t13-/m1/s1. The minimum atomic E-state index is -3.74. The Labute approximate surface area is 159 Å². The van der Waals surface area contributed by atoms with Crippen molar-refractivity contribution in [2.75, 3.05) is 13.3 Å². The van der Waals surface area contributed by atoms with Gasteiger partial charge in [-0.25, -0.2) is 12.7 Å². The van der Waals surface area contributed by atoms with Gasteiger partial charge in [0.05, 0.1) is 12.7 Å². The Balaban J connectivity index is 2.02. The highest BCUT2D eigenvalue weighted by Crippen LogP contribution is 2.31. The number of carbonyl (C=O) groups excluding carboxylic acids is 1. The third-order valence-corrected chi connectivity index (χ3v) is 6.24. The Kier molecular flexibility index (Phi) is 7.34. The summed E-state index contributed by atoms with van der Waals surface area (Å²) in [6, 6.07) is 0. The summed E-state index contributed by atoms with van der Waals surface area (Å²) in [5.74, 6) is -2.04. The van der Waals surface area contributed by atoms with Crippen LogP contribution in [-0.2, 0) is 14.8 Å². The number of carboxylic acid groups (broad SMARTS) is 1. The molecule has 1 aliphatic rings. The van der Waals surface area contributed by atoms with Crippen LogP contribution in [0.3, 0.4) is 0 Å². The summed E-state index contributed by atoms with van der Waals surface area (Å²) < 4.78 is 28.5. The van der Waals surface area contributed by atoms with Gasteiger partial charge in [0, 0.05) is 13.0 Å². The second-order valence-corrected chi connectivity index (χ2v) is 9.24. The molecule has 0 spiro atoms. The quantitative estimate of drug-likeness (QED) is 0.667. The monoisotopic (exact) mass is 401 g/mol. The molecule has 0 radical (unpaired) electrons. The summed E-state index contributed by atoms with van der Waals surface area (Å²) in [4.78, 5) is 27.3. The molecule has 1 amide bonds. The minimum Gasteiger partial charge on any atom is -0.481 e. The van der Waals surface area contributed by atoms with Crippen LogP contribution in [0.1, 0.15) is 80.2 Å². The van der Waals surface area contributed by atoms with E-state index < -0.39 is 27.8 Å². The number of amides is 1. The van der Waals surface area contributed by atoms with Crippen molar-refractivity contribution in [1.29, 1.82) is 0 Å². The van der Waals surface area contributed by atoms with E-state index in [1.807, 2.05) is 0 Å². The SMILES string of the molecule is CN(C(=O)c1noc([C@H](CCCC2CCCCC2)CC(=O)O)n1)S(C)(=O)=O. The van der Waals surface area contributed by atoms with Gasteiger partial charge in [-0.3, -0.25) is 9.59 Å². The van der Waals surface area contributed by atoms with Crippen molar-refractivity contribution in [2.24, 2.45) is 5.92 Å². The summed E-state index contributed by atoms with van der Waals surface area (Å²) in [5.41, 5.74) is 0. The number of sulfonamides is 1. The first-order valence-corrected chi connectivity index (χ1v) is 11.1. The highest BCUT2D eigenvalue weighted by molar-refractivity contribution is 7.88. The van der Waals surface area contributed by atoms with Crippen LogP contribution < -0.4 is 0 Å². The van der Waals surface area contributed by atoms with E-state index in [4.69, 9.17) is 9.63 Å². The van der Waals surface area contributed by atoms with E-state index in [2.05, 4.69) is 10.1 Å². The van der Waals surface area contributed by atoms with Crippen LogP contribution in [0.4, 0.5) is 0 Å². The lowest BCUT2D eigenvalue weighted by Gasteiger charge is -2.21. The Morgan fingerprint density at radius 1 is 1.30 bits per heavy atom. The molecule has 0 aliphatic heterocycles. The largest absolute Gasteiger partial charge is 0.481 e. The number of nitrogens with zero attached hydrogens (tertiary/aromatic N) is 3. The first kappa shape index (κ1) is 21.3. The molecule has 1 atom stereocenters. The topological polar surface area (TPSA) is 131 Å². The smallest absolute Gasteiger partial charge is 0.308 e. The van der Waals surface area contributed by atoms with Gasteiger partial charge in [0.2, 0.25) is 15.9 Å². The summed E-state index contributed by atoms with van der Waals surface area (Å²) in [5, 5.41) is 12.7. The zero-order valence-electron chi connectivity index (χ0n) is 15.8. The number of hydrogen-bond acceptors (Lipinski definition) is 7. The van der Waals surface area contributed by atoms with Crippen molar-refractivity contribution in [1.82, 2.24) is 14.4 Å². The van der Waals surface area contributed by atoms with Crippen molar-refractivity contribution < 1.29 is 27.6 Å². The van der Waals surface area contributed by atoms with Crippen molar-refractivity contribution >= 4 is 21.9 Å². The molecule has 0 bridgehead atoms. The molecule has 2 rings (SSSR count). The maximum Gasteiger partial charge on any atom is 0.308 e. The summed E-state index contributed by atoms with van der Waals surface area (Å²) in [6.07, 6.45) is 9.41. The van der Waals surface area contributed by atoms with Crippen LogP contribution in [0.5, 0.6) is 0 Å². The van der Waals surface area contributed by atoms with Gasteiger partial charge < -0.3 is 9.63 Å². The fourth-order valence-corrected chi connectivity index (χ4v) is 3.81. The molecular formula is C17H27N3O6S. The zero-order valence-corrected chi connectivity index (χ0v) is 16.6. The van der Waals surface area contributed by atoms with Crippen LogP contribution in [0.2, 0.25) is 0 Å². The summed E-state index contributed by atoms with van der Waals surface area (Å²) in [6.45, 7) is 0. The van der Waals surface area contributed by atoms with E-state index in [0.29, 0.717) is 16.6 Å². The molecule has 1 aromatic rings. The van der Waals surface area contributed by atoms with Gasteiger partial charge in [-0.05, 0) is 12.3 Å². The average molecular weight is 401 g/mol. The van der Waals surface area contributed by atoms with E-state index >= 15 is 0 Å². The van der Waals surface area contributed by atoms with E-state index in [1.165, 1.54) is 32.1 Å². The van der Waals surface area contributed by atoms with Crippen molar-refractivity contribution in [3.05, 3.63) is 11.7 Å². The van der Waals surface area contributed by atoms with Crippen molar-refractivity contribution in [3.63, 3.8) is 0 Å². The van der Waals surface area contributed by atoms with Crippen LogP contribution in [0.15, 0.2) is 4.52 Å². The maximum absolute atomic E-state index is 12.1. The predicted octanol–water partition coefficient (Wildman–Crippen LogP) is 2.41. The molecule has 27 heavy (non-hydrogen) atoms. The van der Waals surface area contributed by atoms with E-state index in [1.54, 1.807) is 0 Å². The molecule has 0 unspecified atom stereocenters. The normalized spacial score (nSPS) is 16.8. The fraction of sp³-hybridized carbons (Fsp3) is 0.765. The zero-order chi connectivity index (χ0) is 20.0. The second-order valence-electron chi connectivity index (χ2n) is 7.22. The van der Waals surface area contributed by atoms with Gasteiger partial charge >= 0.3 is 11.9 Å². The van der Waals surface area contributed by atoms with Crippen LogP contribution in [0, 0.1) is 5.92 Å². The van der Waals surface area contributed by atoms with Gasteiger partial charge in [0.25, 0.3) is 5.82 Å². The predicted molar refractivity (Wildman–Crippen MR) is 96.7 cm³/mol. The van der Waals surface area contributed by atoms with Gasteiger partial charge in [0.15, 0.2) is 0 Å². The molecule has 0 saturated heterocycles. The van der Waals surface area contributed by atoms with Gasteiger partial charge in [0.1, 0.15) is 0 Å². The molecule has 1 N–H and O–H groups in total. The fourth-order valence-electron chi connectivity index (χ4n) is 3.43.